The maximum Gasteiger partial charge on any atom is 0.270 e. The lowest BCUT2D eigenvalue weighted by molar-refractivity contribution is -0.385. The van der Waals surface area contributed by atoms with E-state index in [1.807, 2.05) is 0 Å². The molecule has 6 heteroatoms. The quantitative estimate of drug-likeness (QED) is 0.664. The predicted molar refractivity (Wildman–Crippen MR) is 81.3 cm³/mol. The Bertz CT molecular complexity index is 507. The standard InChI is InChI=1S/C15H23N3O3/c1-3-11-9-17(7-6-14(11)16)10-12-8-13(18(19)20)4-5-15(12)21-2/h4-5,8,11,14H,3,6-7,9-10,16H2,1-2H3. The van der Waals surface area contributed by atoms with Crippen LogP contribution in [0, 0.1) is 16.0 Å². The first-order valence-electron chi connectivity index (χ1n) is 7.34. The number of likely N-dealkylation sites (tertiary alicyclic amines) is 1. The topological polar surface area (TPSA) is 81.6 Å². The number of methoxy groups -OCH3 is 1. The van der Waals surface area contributed by atoms with Crippen LogP contribution in [0.25, 0.3) is 0 Å². The smallest absolute Gasteiger partial charge is 0.270 e. The summed E-state index contributed by atoms with van der Waals surface area (Å²) in [6.07, 6.45) is 2.03. The molecule has 2 atom stereocenters. The van der Waals surface area contributed by atoms with Crippen LogP contribution in [-0.4, -0.2) is 36.1 Å². The molecule has 1 aromatic carbocycles. The van der Waals surface area contributed by atoms with Gasteiger partial charge in [-0.3, -0.25) is 15.0 Å². The number of non-ortho nitro benzene ring substituents is 1. The molecule has 1 heterocycles. The van der Waals surface area contributed by atoms with Crippen LogP contribution in [0.4, 0.5) is 5.69 Å². The van der Waals surface area contributed by atoms with Gasteiger partial charge in [0.2, 0.25) is 0 Å². The SMILES string of the molecule is CCC1CN(Cc2cc([N+](=O)[O-])ccc2OC)CCC1N. The summed E-state index contributed by atoms with van der Waals surface area (Å²) in [5.41, 5.74) is 7.09. The van der Waals surface area contributed by atoms with E-state index in [-0.39, 0.29) is 16.7 Å². The van der Waals surface area contributed by atoms with E-state index in [4.69, 9.17) is 10.5 Å². The molecule has 0 aromatic heterocycles. The lowest BCUT2D eigenvalue weighted by Crippen LogP contribution is -2.46. The van der Waals surface area contributed by atoms with Crippen LogP contribution in [-0.2, 0) is 6.54 Å². The van der Waals surface area contributed by atoms with E-state index in [1.165, 1.54) is 6.07 Å². The summed E-state index contributed by atoms with van der Waals surface area (Å²) in [4.78, 5) is 12.9. The van der Waals surface area contributed by atoms with Gasteiger partial charge >= 0.3 is 0 Å². The van der Waals surface area contributed by atoms with Gasteiger partial charge in [-0.15, -0.1) is 0 Å². The van der Waals surface area contributed by atoms with Crippen molar-refractivity contribution in [3.63, 3.8) is 0 Å². The maximum absolute atomic E-state index is 10.9. The Labute approximate surface area is 125 Å². The molecule has 0 bridgehead atoms. The zero-order valence-corrected chi connectivity index (χ0v) is 12.6. The molecule has 0 radical (unpaired) electrons. The summed E-state index contributed by atoms with van der Waals surface area (Å²) in [6.45, 7) is 4.67. The Kier molecular flexibility index (Phi) is 5.14. The van der Waals surface area contributed by atoms with Crippen molar-refractivity contribution in [1.29, 1.82) is 0 Å². The number of hydrogen-bond acceptors (Lipinski definition) is 5. The normalized spacial score (nSPS) is 23.0. The van der Waals surface area contributed by atoms with E-state index in [0.717, 1.165) is 31.5 Å². The van der Waals surface area contributed by atoms with Gasteiger partial charge in [-0.05, 0) is 24.9 Å². The van der Waals surface area contributed by atoms with Gasteiger partial charge in [0, 0.05) is 36.8 Å². The number of nitrogens with zero attached hydrogens (tertiary/aromatic N) is 2. The van der Waals surface area contributed by atoms with Gasteiger partial charge < -0.3 is 10.5 Å². The third-order valence-electron chi connectivity index (χ3n) is 4.27. The van der Waals surface area contributed by atoms with Crippen molar-refractivity contribution >= 4 is 5.69 Å². The number of rotatable bonds is 5. The summed E-state index contributed by atoms with van der Waals surface area (Å²) in [6, 6.07) is 5.01. The molecule has 1 aromatic rings. The van der Waals surface area contributed by atoms with E-state index >= 15 is 0 Å². The van der Waals surface area contributed by atoms with Gasteiger partial charge in [0.25, 0.3) is 5.69 Å². The first kappa shape index (κ1) is 15.7. The number of piperidine rings is 1. The maximum atomic E-state index is 10.9. The number of nitrogens with two attached hydrogens (primary N) is 1. The van der Waals surface area contributed by atoms with E-state index in [2.05, 4.69) is 11.8 Å². The van der Waals surface area contributed by atoms with Gasteiger partial charge in [-0.25, -0.2) is 0 Å². The molecule has 2 unspecified atom stereocenters. The molecule has 6 nitrogen and oxygen atoms in total. The second-order valence-corrected chi connectivity index (χ2v) is 5.61. The largest absolute Gasteiger partial charge is 0.496 e. The first-order chi connectivity index (χ1) is 10.0. The highest BCUT2D eigenvalue weighted by molar-refractivity contribution is 5.43. The highest BCUT2D eigenvalue weighted by Gasteiger charge is 2.26. The highest BCUT2D eigenvalue weighted by Crippen LogP contribution is 2.27. The van der Waals surface area contributed by atoms with Crippen molar-refractivity contribution in [3.05, 3.63) is 33.9 Å². The van der Waals surface area contributed by atoms with E-state index in [9.17, 15) is 10.1 Å². The van der Waals surface area contributed by atoms with E-state index in [0.29, 0.717) is 18.2 Å². The summed E-state index contributed by atoms with van der Waals surface area (Å²) >= 11 is 0. The molecule has 1 fully saturated rings. The fourth-order valence-corrected chi connectivity index (χ4v) is 2.94. The lowest BCUT2D eigenvalue weighted by atomic mass is 9.90. The third kappa shape index (κ3) is 3.71. The monoisotopic (exact) mass is 293 g/mol. The van der Waals surface area contributed by atoms with Crippen molar-refractivity contribution in [3.8, 4) is 5.75 Å². The van der Waals surface area contributed by atoms with E-state index in [1.54, 1.807) is 19.2 Å². The minimum atomic E-state index is -0.371. The summed E-state index contributed by atoms with van der Waals surface area (Å²) < 4.78 is 5.32. The van der Waals surface area contributed by atoms with Crippen LogP contribution in [0.5, 0.6) is 5.75 Å². The zero-order chi connectivity index (χ0) is 15.4. The molecule has 0 aliphatic carbocycles. The molecule has 21 heavy (non-hydrogen) atoms. The highest BCUT2D eigenvalue weighted by atomic mass is 16.6. The Hall–Kier alpha value is -1.66. The number of hydrogen-bond donors (Lipinski definition) is 1. The number of nitro groups is 1. The van der Waals surface area contributed by atoms with Crippen molar-refractivity contribution in [2.24, 2.45) is 11.7 Å². The van der Waals surface area contributed by atoms with Crippen molar-refractivity contribution in [2.45, 2.75) is 32.4 Å². The Morgan fingerprint density at radius 2 is 2.29 bits per heavy atom. The zero-order valence-electron chi connectivity index (χ0n) is 12.6. The fourth-order valence-electron chi connectivity index (χ4n) is 2.94. The number of ether oxygens (including phenoxy) is 1. The molecular formula is C15H23N3O3. The molecular weight excluding hydrogens is 270 g/mol. The third-order valence-corrected chi connectivity index (χ3v) is 4.27. The van der Waals surface area contributed by atoms with Gasteiger partial charge in [-0.2, -0.15) is 0 Å². The molecule has 1 saturated heterocycles. The minimum Gasteiger partial charge on any atom is -0.496 e. The summed E-state index contributed by atoms with van der Waals surface area (Å²) in [5.74, 6) is 1.19. The Morgan fingerprint density at radius 3 is 2.90 bits per heavy atom. The molecule has 0 saturated carbocycles. The van der Waals surface area contributed by atoms with Gasteiger partial charge in [-0.1, -0.05) is 13.3 Å². The second kappa shape index (κ2) is 6.87. The fraction of sp³-hybridized carbons (Fsp3) is 0.600. The molecule has 0 spiro atoms. The van der Waals surface area contributed by atoms with Crippen LogP contribution in [0.2, 0.25) is 0 Å². The van der Waals surface area contributed by atoms with Crippen LogP contribution >= 0.6 is 0 Å². The predicted octanol–water partition coefficient (Wildman–Crippen LogP) is 2.16. The molecule has 116 valence electrons. The molecule has 0 amide bonds. The van der Waals surface area contributed by atoms with Crippen molar-refractivity contribution < 1.29 is 9.66 Å². The van der Waals surface area contributed by atoms with Gasteiger partial charge in [0.1, 0.15) is 5.75 Å². The van der Waals surface area contributed by atoms with Crippen LogP contribution < -0.4 is 10.5 Å². The van der Waals surface area contributed by atoms with Gasteiger partial charge in [0.05, 0.1) is 12.0 Å². The Morgan fingerprint density at radius 1 is 1.52 bits per heavy atom. The van der Waals surface area contributed by atoms with Crippen molar-refractivity contribution in [1.82, 2.24) is 4.90 Å². The minimum absolute atomic E-state index is 0.103. The molecule has 2 rings (SSSR count). The number of nitro benzene ring substituents is 1. The van der Waals surface area contributed by atoms with Gasteiger partial charge in [0.15, 0.2) is 0 Å². The Balaban J connectivity index is 2.14. The molecule has 2 N–H and O–H groups in total. The summed E-state index contributed by atoms with van der Waals surface area (Å²) in [7, 11) is 1.59. The summed E-state index contributed by atoms with van der Waals surface area (Å²) in [5, 5.41) is 10.9. The lowest BCUT2D eigenvalue weighted by Gasteiger charge is -2.36. The van der Waals surface area contributed by atoms with Crippen molar-refractivity contribution in [2.75, 3.05) is 20.2 Å². The van der Waals surface area contributed by atoms with E-state index < -0.39 is 0 Å². The first-order valence-corrected chi connectivity index (χ1v) is 7.34. The number of benzene rings is 1. The molecule has 1 aliphatic rings. The van der Waals surface area contributed by atoms with Crippen LogP contribution in [0.3, 0.4) is 0 Å². The van der Waals surface area contributed by atoms with Crippen LogP contribution in [0.15, 0.2) is 18.2 Å². The van der Waals surface area contributed by atoms with Crippen LogP contribution in [0.1, 0.15) is 25.3 Å². The average Bonchev–Trinajstić information content (AvgIpc) is 2.49. The second-order valence-electron chi connectivity index (χ2n) is 5.61. The average molecular weight is 293 g/mol. The molecule has 1 aliphatic heterocycles.